The van der Waals surface area contributed by atoms with Crippen LogP contribution in [0.4, 0.5) is 10.5 Å². The van der Waals surface area contributed by atoms with Crippen LogP contribution < -0.4 is 10.6 Å². The Kier molecular flexibility index (Phi) is 5.98. The van der Waals surface area contributed by atoms with Gasteiger partial charge in [-0.15, -0.1) is 0 Å². The van der Waals surface area contributed by atoms with Crippen molar-refractivity contribution >= 4 is 23.7 Å². The molecule has 0 radical (unpaired) electrons. The van der Waals surface area contributed by atoms with Gasteiger partial charge in [0.05, 0.1) is 11.9 Å². The number of hydrogen-bond donors (Lipinski definition) is 3. The molecule has 0 saturated heterocycles. The predicted octanol–water partition coefficient (Wildman–Crippen LogP) is 3.76. The van der Waals surface area contributed by atoms with Crippen LogP contribution >= 0.6 is 0 Å². The molecule has 2 amide bonds. The largest absolute Gasteiger partial charge is 0.476 e. The van der Waals surface area contributed by atoms with Gasteiger partial charge in [-0.05, 0) is 41.5 Å². The minimum atomic E-state index is -1.17. The highest BCUT2D eigenvalue weighted by molar-refractivity contribution is 6.00. The van der Waals surface area contributed by atoms with Gasteiger partial charge in [-0.25, -0.2) is 9.59 Å². The standard InChI is InChI=1S/C26H26N4O5/c1-30-23(25(32)33)22(13-27-30)29-24(31)15-10-11-16(12-15)28-26(34)35-14-21-19-8-4-2-6-17(19)18-7-3-5-9-20(18)21/h2-9,13,15-16,21H,10-12,14H2,1H3,(H,28,34)(H,29,31)(H,32,33)/t15-,16+/m0/s1. The number of carboxylic acids is 1. The van der Waals surface area contributed by atoms with Crippen molar-refractivity contribution in [1.82, 2.24) is 15.1 Å². The molecule has 3 aromatic rings. The van der Waals surface area contributed by atoms with Gasteiger partial charge in [0.2, 0.25) is 5.91 Å². The van der Waals surface area contributed by atoms with E-state index in [0.717, 1.165) is 11.1 Å². The second-order valence-electron chi connectivity index (χ2n) is 9.00. The number of ether oxygens (including phenoxy) is 1. The highest BCUT2D eigenvalue weighted by Crippen LogP contribution is 2.44. The van der Waals surface area contributed by atoms with Crippen molar-refractivity contribution in [3.63, 3.8) is 0 Å². The Bertz CT molecular complexity index is 1250. The van der Waals surface area contributed by atoms with E-state index in [-0.39, 0.29) is 41.8 Å². The third-order valence-electron chi connectivity index (χ3n) is 6.87. The summed E-state index contributed by atoms with van der Waals surface area (Å²) in [5, 5.41) is 18.8. The van der Waals surface area contributed by atoms with E-state index in [0.29, 0.717) is 19.3 Å². The second-order valence-corrected chi connectivity index (χ2v) is 9.00. The first-order valence-corrected chi connectivity index (χ1v) is 11.6. The molecule has 0 unspecified atom stereocenters. The summed E-state index contributed by atoms with van der Waals surface area (Å²) in [5.41, 5.74) is 4.72. The van der Waals surface area contributed by atoms with Crippen molar-refractivity contribution < 1.29 is 24.2 Å². The number of benzene rings is 2. The number of amides is 2. The molecule has 1 heterocycles. The average Bonchev–Trinajstić information content (AvgIpc) is 3.54. The number of aromatic carboxylic acids is 1. The van der Waals surface area contributed by atoms with Gasteiger partial charge in [0, 0.05) is 24.9 Å². The van der Waals surface area contributed by atoms with Gasteiger partial charge < -0.3 is 20.5 Å². The number of carbonyl (C=O) groups is 3. The topological polar surface area (TPSA) is 123 Å². The summed E-state index contributed by atoms with van der Waals surface area (Å²) in [6.45, 7) is 0.232. The minimum absolute atomic E-state index is 0.0156. The van der Waals surface area contributed by atoms with Crippen LogP contribution in [0.5, 0.6) is 0 Å². The summed E-state index contributed by atoms with van der Waals surface area (Å²) >= 11 is 0. The summed E-state index contributed by atoms with van der Waals surface area (Å²) in [4.78, 5) is 36.6. The van der Waals surface area contributed by atoms with Gasteiger partial charge in [-0.1, -0.05) is 48.5 Å². The average molecular weight is 475 g/mol. The Hall–Kier alpha value is -4.14. The maximum Gasteiger partial charge on any atom is 0.407 e. The van der Waals surface area contributed by atoms with E-state index in [2.05, 4.69) is 40.0 Å². The number of nitrogens with zero attached hydrogens (tertiary/aromatic N) is 2. The van der Waals surface area contributed by atoms with Crippen molar-refractivity contribution in [3.05, 3.63) is 71.5 Å². The van der Waals surface area contributed by atoms with E-state index in [4.69, 9.17) is 4.74 Å². The fourth-order valence-electron chi connectivity index (χ4n) is 5.17. The summed E-state index contributed by atoms with van der Waals surface area (Å²) < 4.78 is 6.81. The molecule has 35 heavy (non-hydrogen) atoms. The van der Waals surface area contributed by atoms with Crippen LogP contribution in [0.2, 0.25) is 0 Å². The zero-order chi connectivity index (χ0) is 24.5. The third kappa shape index (κ3) is 4.37. The quantitative estimate of drug-likeness (QED) is 0.500. The number of aromatic nitrogens is 2. The molecule has 2 aromatic carbocycles. The molecule has 1 saturated carbocycles. The molecular weight excluding hydrogens is 448 g/mol. The van der Waals surface area contributed by atoms with Crippen LogP contribution in [-0.4, -0.2) is 45.5 Å². The maximum atomic E-state index is 12.7. The van der Waals surface area contributed by atoms with E-state index < -0.39 is 12.1 Å². The Balaban J connectivity index is 1.15. The number of alkyl carbamates (subject to hydrolysis) is 1. The van der Waals surface area contributed by atoms with Gasteiger partial charge in [0.1, 0.15) is 6.61 Å². The number of rotatable bonds is 6. The Morgan fingerprint density at radius 1 is 1.06 bits per heavy atom. The maximum absolute atomic E-state index is 12.7. The molecule has 2 aliphatic rings. The monoisotopic (exact) mass is 474 g/mol. The molecule has 2 aliphatic carbocycles. The van der Waals surface area contributed by atoms with Crippen LogP contribution in [0.15, 0.2) is 54.7 Å². The van der Waals surface area contributed by atoms with Gasteiger partial charge in [0.25, 0.3) is 0 Å². The second kappa shape index (κ2) is 9.25. The Morgan fingerprint density at radius 2 is 1.71 bits per heavy atom. The van der Waals surface area contributed by atoms with Crippen molar-refractivity contribution in [2.75, 3.05) is 11.9 Å². The normalized spacial score (nSPS) is 18.5. The molecular formula is C26H26N4O5. The molecule has 0 spiro atoms. The first-order chi connectivity index (χ1) is 16.9. The zero-order valence-electron chi connectivity index (χ0n) is 19.2. The first kappa shape index (κ1) is 22.6. The molecule has 5 rings (SSSR count). The number of carbonyl (C=O) groups excluding carboxylic acids is 2. The van der Waals surface area contributed by atoms with Crippen molar-refractivity contribution in [3.8, 4) is 11.1 Å². The smallest absolute Gasteiger partial charge is 0.407 e. The van der Waals surface area contributed by atoms with Crippen LogP contribution in [-0.2, 0) is 16.6 Å². The minimum Gasteiger partial charge on any atom is -0.476 e. The molecule has 180 valence electrons. The number of anilines is 1. The highest BCUT2D eigenvalue weighted by atomic mass is 16.5. The van der Waals surface area contributed by atoms with Gasteiger partial charge in [-0.3, -0.25) is 9.48 Å². The molecule has 9 nitrogen and oxygen atoms in total. The predicted molar refractivity (Wildman–Crippen MR) is 128 cm³/mol. The molecule has 0 bridgehead atoms. The van der Waals surface area contributed by atoms with Crippen LogP contribution in [0.3, 0.4) is 0 Å². The van der Waals surface area contributed by atoms with Crippen LogP contribution in [0.1, 0.15) is 46.8 Å². The van der Waals surface area contributed by atoms with E-state index >= 15 is 0 Å². The van der Waals surface area contributed by atoms with Gasteiger partial charge in [-0.2, -0.15) is 5.10 Å². The molecule has 0 aliphatic heterocycles. The number of nitrogens with one attached hydrogen (secondary N) is 2. The fraction of sp³-hybridized carbons (Fsp3) is 0.308. The lowest BCUT2D eigenvalue weighted by molar-refractivity contribution is -0.119. The summed E-state index contributed by atoms with van der Waals surface area (Å²) in [6, 6.07) is 16.1. The van der Waals surface area contributed by atoms with Crippen LogP contribution in [0.25, 0.3) is 11.1 Å². The Morgan fingerprint density at radius 3 is 2.37 bits per heavy atom. The highest BCUT2D eigenvalue weighted by Gasteiger charge is 2.33. The SMILES string of the molecule is Cn1ncc(NC(=O)[C@H]2CC[C@@H](NC(=O)OCC3c4ccccc4-c4ccccc43)C2)c1C(=O)O. The molecule has 1 aromatic heterocycles. The van der Waals surface area contributed by atoms with Gasteiger partial charge >= 0.3 is 12.1 Å². The summed E-state index contributed by atoms with van der Waals surface area (Å²) in [5.74, 6) is -1.80. The van der Waals surface area contributed by atoms with E-state index in [1.165, 1.54) is 29.1 Å². The molecule has 1 fully saturated rings. The van der Waals surface area contributed by atoms with E-state index in [9.17, 15) is 19.5 Å². The zero-order valence-corrected chi connectivity index (χ0v) is 19.2. The summed E-state index contributed by atoms with van der Waals surface area (Å²) in [7, 11) is 1.50. The molecule has 2 atom stereocenters. The Labute approximate surface area is 202 Å². The van der Waals surface area contributed by atoms with Crippen molar-refractivity contribution in [1.29, 1.82) is 0 Å². The third-order valence-corrected chi connectivity index (χ3v) is 6.87. The number of hydrogen-bond acceptors (Lipinski definition) is 5. The fourth-order valence-corrected chi connectivity index (χ4v) is 5.17. The van der Waals surface area contributed by atoms with Crippen LogP contribution in [0, 0.1) is 5.92 Å². The first-order valence-electron chi connectivity index (χ1n) is 11.6. The number of aryl methyl sites for hydroxylation is 1. The summed E-state index contributed by atoms with van der Waals surface area (Å²) in [6.07, 6.45) is 2.50. The lowest BCUT2D eigenvalue weighted by atomic mass is 9.98. The number of fused-ring (bicyclic) bond motifs is 3. The van der Waals surface area contributed by atoms with Gasteiger partial charge in [0.15, 0.2) is 5.69 Å². The van der Waals surface area contributed by atoms with Crippen molar-refractivity contribution in [2.24, 2.45) is 13.0 Å². The molecule has 3 N–H and O–H groups in total. The van der Waals surface area contributed by atoms with E-state index in [1.807, 2.05) is 24.3 Å². The molecule has 9 heteroatoms. The van der Waals surface area contributed by atoms with Crippen molar-refractivity contribution in [2.45, 2.75) is 31.2 Å². The van der Waals surface area contributed by atoms with E-state index in [1.54, 1.807) is 0 Å². The lowest BCUT2D eigenvalue weighted by Gasteiger charge is -2.17. The number of carboxylic acid groups (broad SMARTS) is 1. The lowest BCUT2D eigenvalue weighted by Crippen LogP contribution is -2.35.